The second kappa shape index (κ2) is 5.64. The van der Waals surface area contributed by atoms with Gasteiger partial charge in [0.25, 0.3) is 0 Å². The Morgan fingerprint density at radius 1 is 1.24 bits per heavy atom. The van der Waals surface area contributed by atoms with E-state index in [1.807, 2.05) is 0 Å². The zero-order valence-electron chi connectivity index (χ0n) is 11.7. The Kier molecular flexibility index (Phi) is 4.00. The molecule has 1 saturated heterocycles. The highest BCUT2D eigenvalue weighted by atomic mass is 32.2. The third kappa shape index (κ3) is 3.42. The summed E-state index contributed by atoms with van der Waals surface area (Å²) in [5.74, 6) is 0. The first-order valence-corrected chi connectivity index (χ1v) is 9.01. The first-order chi connectivity index (χ1) is 9.95. The second-order valence-corrected chi connectivity index (χ2v) is 7.88. The summed E-state index contributed by atoms with van der Waals surface area (Å²) in [6, 6.07) is 7.06. The molecule has 5 nitrogen and oxygen atoms in total. The molecule has 0 amide bonds. The van der Waals surface area contributed by atoms with Gasteiger partial charge in [0.05, 0.1) is 4.90 Å². The fourth-order valence-corrected chi connectivity index (χ4v) is 4.14. The quantitative estimate of drug-likeness (QED) is 0.785. The minimum absolute atomic E-state index is 0.00543. The van der Waals surface area contributed by atoms with Crippen molar-refractivity contribution < 1.29 is 8.42 Å². The van der Waals surface area contributed by atoms with E-state index in [0.717, 1.165) is 19.5 Å². The van der Waals surface area contributed by atoms with Gasteiger partial charge < -0.3 is 5.73 Å². The Morgan fingerprint density at radius 2 is 1.90 bits per heavy atom. The number of likely N-dealkylation sites (tertiary alicyclic amines) is 1. The number of sulfonamides is 1. The molecular weight excluding hydrogens is 306 g/mol. The molecule has 1 atom stereocenters. The van der Waals surface area contributed by atoms with E-state index in [4.69, 9.17) is 18.0 Å². The standard InChI is InChI=1S/C14H19N3O2S2/c15-14(20)10-1-5-13(6-2-10)21(18,19)16-11-7-8-17(9-11)12-3-4-12/h1-2,5-6,11-12,16H,3-4,7-9H2,(H2,15,20). The lowest BCUT2D eigenvalue weighted by molar-refractivity contribution is 0.322. The minimum atomic E-state index is -3.48. The van der Waals surface area contributed by atoms with Gasteiger partial charge in [-0.05, 0) is 31.4 Å². The molecule has 1 aliphatic carbocycles. The van der Waals surface area contributed by atoms with E-state index >= 15 is 0 Å². The van der Waals surface area contributed by atoms with Gasteiger partial charge in [-0.25, -0.2) is 13.1 Å². The van der Waals surface area contributed by atoms with Crippen molar-refractivity contribution in [3.8, 4) is 0 Å². The Balaban J connectivity index is 1.67. The average Bonchev–Trinajstić information content (AvgIpc) is 3.20. The molecule has 1 aromatic rings. The molecule has 21 heavy (non-hydrogen) atoms. The topological polar surface area (TPSA) is 75.4 Å². The lowest BCUT2D eigenvalue weighted by Crippen LogP contribution is -2.37. The second-order valence-electron chi connectivity index (χ2n) is 5.72. The predicted molar refractivity (Wildman–Crippen MR) is 85.7 cm³/mol. The zero-order chi connectivity index (χ0) is 15.0. The maximum Gasteiger partial charge on any atom is 0.240 e. The van der Waals surface area contributed by atoms with Crippen LogP contribution in [-0.4, -0.2) is 43.5 Å². The van der Waals surface area contributed by atoms with Crippen LogP contribution < -0.4 is 10.5 Å². The van der Waals surface area contributed by atoms with Gasteiger partial charge in [0.1, 0.15) is 4.99 Å². The molecule has 7 heteroatoms. The van der Waals surface area contributed by atoms with Crippen LogP contribution in [0.2, 0.25) is 0 Å². The number of benzene rings is 1. The number of rotatable bonds is 5. The Hall–Kier alpha value is -1.02. The molecule has 114 valence electrons. The van der Waals surface area contributed by atoms with Gasteiger partial charge in [0.15, 0.2) is 0 Å². The van der Waals surface area contributed by atoms with Crippen molar-refractivity contribution in [2.45, 2.75) is 36.2 Å². The summed E-state index contributed by atoms with van der Waals surface area (Å²) in [6.07, 6.45) is 3.38. The molecule has 0 spiro atoms. The van der Waals surface area contributed by atoms with Crippen LogP contribution in [0, 0.1) is 0 Å². The lowest BCUT2D eigenvalue weighted by atomic mass is 10.2. The van der Waals surface area contributed by atoms with Gasteiger partial charge in [-0.15, -0.1) is 0 Å². The number of hydrogen-bond acceptors (Lipinski definition) is 4. The Morgan fingerprint density at radius 3 is 2.48 bits per heavy atom. The predicted octanol–water partition coefficient (Wildman–Crippen LogP) is 0.836. The third-order valence-electron chi connectivity index (χ3n) is 4.05. The van der Waals surface area contributed by atoms with Crippen LogP contribution in [0.15, 0.2) is 29.2 Å². The number of hydrogen-bond donors (Lipinski definition) is 2. The van der Waals surface area contributed by atoms with Crippen molar-refractivity contribution in [1.29, 1.82) is 0 Å². The summed E-state index contributed by atoms with van der Waals surface area (Å²) < 4.78 is 27.5. The van der Waals surface area contributed by atoms with Crippen LogP contribution >= 0.6 is 12.2 Å². The van der Waals surface area contributed by atoms with Crippen LogP contribution in [0.1, 0.15) is 24.8 Å². The van der Waals surface area contributed by atoms with Crippen molar-refractivity contribution in [3.63, 3.8) is 0 Å². The van der Waals surface area contributed by atoms with Crippen LogP contribution in [-0.2, 0) is 10.0 Å². The van der Waals surface area contributed by atoms with Gasteiger partial charge in [0, 0.05) is 30.7 Å². The fourth-order valence-electron chi connectivity index (χ4n) is 2.74. The highest BCUT2D eigenvalue weighted by molar-refractivity contribution is 7.89. The maximum absolute atomic E-state index is 12.4. The SMILES string of the molecule is NC(=S)c1ccc(S(=O)(=O)NC2CCN(C3CC3)C2)cc1. The highest BCUT2D eigenvalue weighted by Crippen LogP contribution is 2.30. The van der Waals surface area contributed by atoms with Gasteiger partial charge in [-0.1, -0.05) is 24.4 Å². The van der Waals surface area contributed by atoms with Crippen LogP contribution in [0.25, 0.3) is 0 Å². The Labute approximate surface area is 130 Å². The van der Waals surface area contributed by atoms with Crippen LogP contribution in [0.5, 0.6) is 0 Å². The van der Waals surface area contributed by atoms with Crippen LogP contribution in [0.4, 0.5) is 0 Å². The van der Waals surface area contributed by atoms with Gasteiger partial charge in [-0.3, -0.25) is 4.90 Å². The first-order valence-electron chi connectivity index (χ1n) is 7.12. The van der Waals surface area contributed by atoms with Crippen molar-refractivity contribution in [2.24, 2.45) is 5.73 Å². The van der Waals surface area contributed by atoms with Gasteiger partial charge >= 0.3 is 0 Å². The van der Waals surface area contributed by atoms with E-state index < -0.39 is 10.0 Å². The molecule has 3 rings (SSSR count). The lowest BCUT2D eigenvalue weighted by Gasteiger charge is -2.16. The summed E-state index contributed by atoms with van der Waals surface area (Å²) in [4.78, 5) is 2.90. The number of nitrogens with one attached hydrogen (secondary N) is 1. The summed E-state index contributed by atoms with van der Waals surface area (Å²) in [5.41, 5.74) is 6.19. The smallest absolute Gasteiger partial charge is 0.240 e. The molecule has 0 bridgehead atoms. The molecule has 1 unspecified atom stereocenters. The number of thiocarbonyl (C=S) groups is 1. The number of nitrogens with two attached hydrogens (primary N) is 1. The average molecular weight is 325 g/mol. The fraction of sp³-hybridized carbons (Fsp3) is 0.500. The summed E-state index contributed by atoms with van der Waals surface area (Å²) in [5, 5.41) is 0. The highest BCUT2D eigenvalue weighted by Gasteiger charge is 2.35. The van der Waals surface area contributed by atoms with Crippen molar-refractivity contribution in [3.05, 3.63) is 29.8 Å². The van der Waals surface area contributed by atoms with E-state index in [9.17, 15) is 8.42 Å². The number of nitrogens with zero attached hydrogens (tertiary/aromatic N) is 1. The minimum Gasteiger partial charge on any atom is -0.389 e. The molecule has 2 aliphatic rings. The van der Waals surface area contributed by atoms with Crippen LogP contribution in [0.3, 0.4) is 0 Å². The maximum atomic E-state index is 12.4. The molecule has 3 N–H and O–H groups in total. The molecule has 1 saturated carbocycles. The van der Waals surface area contributed by atoms with E-state index in [1.165, 1.54) is 12.8 Å². The molecular formula is C14H19N3O2S2. The third-order valence-corrected chi connectivity index (χ3v) is 5.83. The summed E-state index contributed by atoms with van der Waals surface area (Å²) in [6.45, 7) is 1.80. The van der Waals surface area contributed by atoms with Crippen molar-refractivity contribution in [1.82, 2.24) is 9.62 Å². The van der Waals surface area contributed by atoms with E-state index in [1.54, 1.807) is 24.3 Å². The zero-order valence-corrected chi connectivity index (χ0v) is 13.3. The Bertz CT molecular complexity index is 639. The van der Waals surface area contributed by atoms with Crippen molar-refractivity contribution >= 4 is 27.2 Å². The normalized spacial score (nSPS) is 23.3. The molecule has 1 heterocycles. The summed E-state index contributed by atoms with van der Waals surface area (Å²) in [7, 11) is -3.48. The largest absolute Gasteiger partial charge is 0.389 e. The molecule has 0 aromatic heterocycles. The van der Waals surface area contributed by atoms with Gasteiger partial charge in [0.2, 0.25) is 10.0 Å². The first kappa shape index (κ1) is 14.9. The molecule has 1 aromatic carbocycles. The monoisotopic (exact) mass is 325 g/mol. The molecule has 0 radical (unpaired) electrons. The summed E-state index contributed by atoms with van der Waals surface area (Å²) >= 11 is 4.86. The van der Waals surface area contributed by atoms with E-state index in [0.29, 0.717) is 11.6 Å². The van der Waals surface area contributed by atoms with Crippen molar-refractivity contribution in [2.75, 3.05) is 13.1 Å². The van der Waals surface area contributed by atoms with Gasteiger partial charge in [-0.2, -0.15) is 0 Å². The van der Waals surface area contributed by atoms with E-state index in [-0.39, 0.29) is 15.9 Å². The van der Waals surface area contributed by atoms with E-state index in [2.05, 4.69) is 9.62 Å². The molecule has 1 aliphatic heterocycles. The molecule has 2 fully saturated rings.